The van der Waals surface area contributed by atoms with Gasteiger partial charge in [0.05, 0.1) is 0 Å². The van der Waals surface area contributed by atoms with Crippen LogP contribution >= 0.6 is 0 Å². The minimum Gasteiger partial charge on any atom is -0.373 e. The average molecular weight is 255 g/mol. The van der Waals surface area contributed by atoms with Crippen molar-refractivity contribution < 1.29 is 9.26 Å². The van der Waals surface area contributed by atoms with Crippen molar-refractivity contribution in [3.8, 4) is 0 Å². The first-order valence-electron chi connectivity index (χ1n) is 6.63. The van der Waals surface area contributed by atoms with Crippen molar-refractivity contribution in [2.45, 2.75) is 46.1 Å². The number of aromatic nitrogens is 2. The second kappa shape index (κ2) is 7.48. The minimum atomic E-state index is -0.0936. The predicted octanol–water partition coefficient (Wildman–Crippen LogP) is 2.33. The van der Waals surface area contributed by atoms with E-state index < -0.39 is 0 Å². The molecule has 0 fully saturated rings. The van der Waals surface area contributed by atoms with E-state index in [2.05, 4.69) is 30.9 Å². The van der Waals surface area contributed by atoms with Gasteiger partial charge in [0, 0.05) is 13.5 Å². The molecule has 104 valence electrons. The smallest absolute Gasteiger partial charge is 0.226 e. The molecule has 2 N–H and O–H groups in total. The maximum atomic E-state index is 5.53. The van der Waals surface area contributed by atoms with Crippen LogP contribution in [0.3, 0.4) is 0 Å². The third-order valence-corrected chi connectivity index (χ3v) is 3.11. The Labute approximate surface area is 109 Å². The molecular formula is C13H25N3O2. The van der Waals surface area contributed by atoms with Gasteiger partial charge in [-0.05, 0) is 31.2 Å². The predicted molar refractivity (Wildman–Crippen MR) is 70.0 cm³/mol. The molecule has 1 heterocycles. The summed E-state index contributed by atoms with van der Waals surface area (Å²) >= 11 is 0. The molecule has 0 saturated carbocycles. The fourth-order valence-electron chi connectivity index (χ4n) is 1.96. The number of methoxy groups -OCH3 is 1. The van der Waals surface area contributed by atoms with E-state index in [1.807, 2.05) is 0 Å². The van der Waals surface area contributed by atoms with Crippen molar-refractivity contribution in [2.24, 2.45) is 17.6 Å². The maximum Gasteiger partial charge on any atom is 0.226 e. The first kappa shape index (κ1) is 15.1. The monoisotopic (exact) mass is 255 g/mol. The third kappa shape index (κ3) is 4.38. The Morgan fingerprint density at radius 1 is 1.28 bits per heavy atom. The van der Waals surface area contributed by atoms with Crippen molar-refractivity contribution >= 4 is 0 Å². The number of aryl methyl sites for hydroxylation is 1. The topological polar surface area (TPSA) is 74.2 Å². The van der Waals surface area contributed by atoms with E-state index in [-0.39, 0.29) is 6.10 Å². The molecule has 5 nitrogen and oxygen atoms in total. The maximum absolute atomic E-state index is 5.53. The van der Waals surface area contributed by atoms with Crippen LogP contribution < -0.4 is 5.73 Å². The Kier molecular flexibility index (Phi) is 6.29. The molecule has 2 unspecified atom stereocenters. The summed E-state index contributed by atoms with van der Waals surface area (Å²) in [5.74, 6) is 2.26. The van der Waals surface area contributed by atoms with Gasteiger partial charge in [0.2, 0.25) is 11.7 Å². The first-order valence-corrected chi connectivity index (χ1v) is 6.63. The molecule has 0 aliphatic rings. The van der Waals surface area contributed by atoms with Crippen molar-refractivity contribution in [3.05, 3.63) is 11.7 Å². The summed E-state index contributed by atoms with van der Waals surface area (Å²) in [7, 11) is 1.67. The quantitative estimate of drug-likeness (QED) is 0.771. The Morgan fingerprint density at radius 3 is 2.56 bits per heavy atom. The molecule has 2 atom stereocenters. The summed E-state index contributed by atoms with van der Waals surface area (Å²) in [5, 5.41) is 4.00. The molecule has 0 aliphatic heterocycles. The number of hydrogen-bond donors (Lipinski definition) is 1. The van der Waals surface area contributed by atoms with Gasteiger partial charge in [-0.3, -0.25) is 0 Å². The zero-order chi connectivity index (χ0) is 13.5. The summed E-state index contributed by atoms with van der Waals surface area (Å²) in [4.78, 5) is 4.40. The SMILES string of the molecule is COC(c1noc(CCC(C)CCN)n1)C(C)C. The normalized spacial score (nSPS) is 15.0. The molecule has 18 heavy (non-hydrogen) atoms. The van der Waals surface area contributed by atoms with Gasteiger partial charge in [-0.2, -0.15) is 4.98 Å². The molecule has 0 saturated heterocycles. The lowest BCUT2D eigenvalue weighted by Gasteiger charge is -2.14. The third-order valence-electron chi connectivity index (χ3n) is 3.11. The highest BCUT2D eigenvalue weighted by molar-refractivity contribution is 4.93. The summed E-state index contributed by atoms with van der Waals surface area (Å²) < 4.78 is 10.6. The standard InChI is InChI=1S/C13H25N3O2/c1-9(2)12(17-4)13-15-11(18-16-13)6-5-10(3)7-8-14/h9-10,12H,5-8,14H2,1-4H3. The van der Waals surface area contributed by atoms with E-state index >= 15 is 0 Å². The van der Waals surface area contributed by atoms with Crippen molar-refractivity contribution in [1.29, 1.82) is 0 Å². The molecule has 0 amide bonds. The zero-order valence-corrected chi connectivity index (χ0v) is 11.8. The highest BCUT2D eigenvalue weighted by atomic mass is 16.5. The molecule has 1 aromatic rings. The van der Waals surface area contributed by atoms with Gasteiger partial charge in [0.1, 0.15) is 6.10 Å². The van der Waals surface area contributed by atoms with Crippen LogP contribution in [-0.4, -0.2) is 23.8 Å². The van der Waals surface area contributed by atoms with Crippen molar-refractivity contribution in [2.75, 3.05) is 13.7 Å². The lowest BCUT2D eigenvalue weighted by molar-refractivity contribution is 0.0555. The van der Waals surface area contributed by atoms with Crippen LogP contribution in [0.25, 0.3) is 0 Å². The fourth-order valence-corrected chi connectivity index (χ4v) is 1.96. The summed E-state index contributed by atoms with van der Waals surface area (Å²) in [6.07, 6.45) is 2.78. The highest BCUT2D eigenvalue weighted by Gasteiger charge is 2.21. The lowest BCUT2D eigenvalue weighted by atomic mass is 10.0. The number of nitrogens with two attached hydrogens (primary N) is 1. The lowest BCUT2D eigenvalue weighted by Crippen LogP contribution is -2.10. The molecule has 0 radical (unpaired) electrons. The van der Waals surface area contributed by atoms with E-state index in [1.165, 1.54) is 0 Å². The van der Waals surface area contributed by atoms with Crippen LogP contribution in [0.4, 0.5) is 0 Å². The zero-order valence-electron chi connectivity index (χ0n) is 11.8. The summed E-state index contributed by atoms with van der Waals surface area (Å²) in [6, 6.07) is 0. The molecule has 5 heteroatoms. The van der Waals surface area contributed by atoms with E-state index in [1.54, 1.807) is 7.11 Å². The Hall–Kier alpha value is -0.940. The number of hydrogen-bond acceptors (Lipinski definition) is 5. The molecule has 0 aromatic carbocycles. The van der Waals surface area contributed by atoms with Gasteiger partial charge in [-0.15, -0.1) is 0 Å². The van der Waals surface area contributed by atoms with E-state index in [0.29, 0.717) is 23.6 Å². The summed E-state index contributed by atoms with van der Waals surface area (Å²) in [6.45, 7) is 7.08. The second-order valence-electron chi connectivity index (χ2n) is 5.17. The molecular weight excluding hydrogens is 230 g/mol. The van der Waals surface area contributed by atoms with E-state index in [0.717, 1.165) is 25.8 Å². The van der Waals surface area contributed by atoms with Gasteiger partial charge in [0.15, 0.2) is 0 Å². The second-order valence-corrected chi connectivity index (χ2v) is 5.17. The van der Waals surface area contributed by atoms with E-state index in [4.69, 9.17) is 15.0 Å². The van der Waals surface area contributed by atoms with Crippen LogP contribution in [0.5, 0.6) is 0 Å². The molecule has 0 aliphatic carbocycles. The first-order chi connectivity index (χ1) is 8.58. The Morgan fingerprint density at radius 2 is 2.00 bits per heavy atom. The largest absolute Gasteiger partial charge is 0.373 e. The number of nitrogens with zero attached hydrogens (tertiary/aromatic N) is 2. The Balaban J connectivity index is 2.52. The van der Waals surface area contributed by atoms with E-state index in [9.17, 15) is 0 Å². The molecule has 0 bridgehead atoms. The summed E-state index contributed by atoms with van der Waals surface area (Å²) in [5.41, 5.74) is 5.53. The van der Waals surface area contributed by atoms with Crippen LogP contribution in [0.2, 0.25) is 0 Å². The highest BCUT2D eigenvalue weighted by Crippen LogP contribution is 2.22. The van der Waals surface area contributed by atoms with Gasteiger partial charge in [-0.25, -0.2) is 0 Å². The Bertz CT molecular complexity index is 339. The average Bonchev–Trinajstić information content (AvgIpc) is 2.76. The molecule has 0 spiro atoms. The molecule has 1 rings (SSSR count). The van der Waals surface area contributed by atoms with Crippen LogP contribution in [0, 0.1) is 11.8 Å². The van der Waals surface area contributed by atoms with Gasteiger partial charge in [0.25, 0.3) is 0 Å². The molecule has 1 aromatic heterocycles. The number of ether oxygens (including phenoxy) is 1. The van der Waals surface area contributed by atoms with Gasteiger partial charge in [-0.1, -0.05) is 25.9 Å². The van der Waals surface area contributed by atoms with Crippen molar-refractivity contribution in [1.82, 2.24) is 10.1 Å². The van der Waals surface area contributed by atoms with Crippen LogP contribution in [-0.2, 0) is 11.2 Å². The van der Waals surface area contributed by atoms with Gasteiger partial charge >= 0.3 is 0 Å². The van der Waals surface area contributed by atoms with Crippen LogP contribution in [0.1, 0.15) is 51.4 Å². The van der Waals surface area contributed by atoms with Crippen LogP contribution in [0.15, 0.2) is 4.52 Å². The minimum absolute atomic E-state index is 0.0936. The van der Waals surface area contributed by atoms with Crippen molar-refractivity contribution in [3.63, 3.8) is 0 Å². The number of rotatable bonds is 8. The fraction of sp³-hybridized carbons (Fsp3) is 0.846. The van der Waals surface area contributed by atoms with Gasteiger partial charge < -0.3 is 15.0 Å².